The lowest BCUT2D eigenvalue weighted by Gasteiger charge is -2.11. The van der Waals surface area contributed by atoms with Crippen LogP contribution in [0.25, 0.3) is 10.9 Å². The molecule has 9 nitrogen and oxygen atoms in total. The molecule has 0 saturated carbocycles. The number of nitrogens with one attached hydrogen (secondary N) is 1. The molecule has 0 aliphatic carbocycles. The number of aromatic hydroxyl groups is 1. The highest BCUT2D eigenvalue weighted by atomic mass is 16.5. The summed E-state index contributed by atoms with van der Waals surface area (Å²) in [6, 6.07) is 17.8. The average molecular weight is 418 g/mol. The SMILES string of the molecule is Cn1c(O)c(C(=O)Nc2ccc(Oc3ccc4ccccc4n3)cc2)c(=O)n(C)c1=O. The zero-order valence-corrected chi connectivity index (χ0v) is 16.7. The molecule has 0 aliphatic heterocycles. The first kappa shape index (κ1) is 19.9. The molecular weight excluding hydrogens is 400 g/mol. The molecule has 0 unspecified atom stereocenters. The molecule has 0 saturated heterocycles. The van der Waals surface area contributed by atoms with E-state index in [9.17, 15) is 19.5 Å². The molecule has 0 aliphatic rings. The number of hydrogen-bond donors (Lipinski definition) is 2. The minimum Gasteiger partial charge on any atom is -0.494 e. The average Bonchev–Trinajstić information content (AvgIpc) is 2.78. The van der Waals surface area contributed by atoms with Crippen LogP contribution in [0.15, 0.2) is 70.3 Å². The molecule has 4 rings (SSSR count). The van der Waals surface area contributed by atoms with Crippen molar-refractivity contribution in [3.05, 3.63) is 87.1 Å². The number of nitrogens with zero attached hydrogens (tertiary/aromatic N) is 3. The largest absolute Gasteiger partial charge is 0.494 e. The lowest BCUT2D eigenvalue weighted by atomic mass is 10.2. The van der Waals surface area contributed by atoms with Crippen molar-refractivity contribution < 1.29 is 14.6 Å². The second-order valence-electron chi connectivity index (χ2n) is 6.83. The lowest BCUT2D eigenvalue weighted by Crippen LogP contribution is -2.40. The van der Waals surface area contributed by atoms with E-state index < -0.39 is 28.6 Å². The van der Waals surface area contributed by atoms with E-state index in [0.29, 0.717) is 17.3 Å². The van der Waals surface area contributed by atoms with Gasteiger partial charge >= 0.3 is 5.69 Å². The second kappa shape index (κ2) is 7.79. The summed E-state index contributed by atoms with van der Waals surface area (Å²) < 4.78 is 7.33. The van der Waals surface area contributed by atoms with Crippen molar-refractivity contribution in [1.82, 2.24) is 14.1 Å². The summed E-state index contributed by atoms with van der Waals surface area (Å²) in [6.45, 7) is 0. The van der Waals surface area contributed by atoms with Gasteiger partial charge in [-0.05, 0) is 36.4 Å². The van der Waals surface area contributed by atoms with Crippen LogP contribution in [-0.2, 0) is 14.1 Å². The molecule has 0 spiro atoms. The smallest absolute Gasteiger partial charge is 0.333 e. The number of amides is 1. The highest BCUT2D eigenvalue weighted by molar-refractivity contribution is 6.05. The number of hydrogen-bond acceptors (Lipinski definition) is 6. The minimum atomic E-state index is -0.888. The topological polar surface area (TPSA) is 115 Å². The molecule has 2 aromatic heterocycles. The third-order valence-corrected chi connectivity index (χ3v) is 4.77. The normalized spacial score (nSPS) is 10.8. The highest BCUT2D eigenvalue weighted by Gasteiger charge is 2.21. The van der Waals surface area contributed by atoms with Gasteiger partial charge in [0.25, 0.3) is 11.5 Å². The van der Waals surface area contributed by atoms with Gasteiger partial charge in [-0.25, -0.2) is 9.78 Å². The Morgan fingerprint density at radius 1 is 0.968 bits per heavy atom. The zero-order chi connectivity index (χ0) is 22.1. The van der Waals surface area contributed by atoms with E-state index in [1.54, 1.807) is 30.3 Å². The van der Waals surface area contributed by atoms with Gasteiger partial charge < -0.3 is 15.2 Å². The molecule has 2 heterocycles. The molecular formula is C22H18N4O5. The number of para-hydroxylation sites is 1. The maximum absolute atomic E-state index is 12.5. The standard InChI is InChI=1S/C22H18N4O5/c1-25-20(28)18(21(29)26(2)22(25)30)19(27)23-14-8-10-15(11-9-14)31-17-12-7-13-5-3-4-6-16(13)24-17/h3-12,28H,1-2H3,(H,23,27). The predicted molar refractivity (Wildman–Crippen MR) is 115 cm³/mol. The van der Waals surface area contributed by atoms with Crippen LogP contribution in [0.1, 0.15) is 10.4 Å². The fourth-order valence-corrected chi connectivity index (χ4v) is 3.06. The van der Waals surface area contributed by atoms with E-state index >= 15 is 0 Å². The number of pyridine rings is 1. The first-order valence-corrected chi connectivity index (χ1v) is 9.29. The maximum Gasteiger partial charge on any atom is 0.333 e. The van der Waals surface area contributed by atoms with E-state index in [0.717, 1.165) is 20.0 Å². The van der Waals surface area contributed by atoms with Gasteiger partial charge in [-0.2, -0.15) is 0 Å². The van der Waals surface area contributed by atoms with Gasteiger partial charge in [-0.15, -0.1) is 0 Å². The van der Waals surface area contributed by atoms with Crippen LogP contribution in [0.3, 0.4) is 0 Å². The fourth-order valence-electron chi connectivity index (χ4n) is 3.06. The number of carbonyl (C=O) groups is 1. The molecule has 0 fully saturated rings. The molecule has 0 radical (unpaired) electrons. The van der Waals surface area contributed by atoms with E-state index in [1.165, 1.54) is 14.1 Å². The number of rotatable bonds is 4. The first-order valence-electron chi connectivity index (χ1n) is 9.29. The van der Waals surface area contributed by atoms with Crippen LogP contribution in [0.2, 0.25) is 0 Å². The second-order valence-corrected chi connectivity index (χ2v) is 6.83. The third-order valence-electron chi connectivity index (χ3n) is 4.77. The van der Waals surface area contributed by atoms with Gasteiger partial charge in [0.05, 0.1) is 5.52 Å². The van der Waals surface area contributed by atoms with Crippen LogP contribution < -0.4 is 21.3 Å². The van der Waals surface area contributed by atoms with Crippen LogP contribution >= 0.6 is 0 Å². The van der Waals surface area contributed by atoms with Gasteiger partial charge in [0.2, 0.25) is 11.8 Å². The first-order chi connectivity index (χ1) is 14.8. The van der Waals surface area contributed by atoms with Crippen LogP contribution in [0.4, 0.5) is 5.69 Å². The zero-order valence-electron chi connectivity index (χ0n) is 16.7. The third kappa shape index (κ3) is 3.76. The van der Waals surface area contributed by atoms with Crippen LogP contribution in [-0.4, -0.2) is 25.1 Å². The Labute approximate surface area is 175 Å². The van der Waals surface area contributed by atoms with E-state index in [4.69, 9.17) is 4.74 Å². The number of benzene rings is 2. The van der Waals surface area contributed by atoms with Crippen molar-refractivity contribution >= 4 is 22.5 Å². The van der Waals surface area contributed by atoms with Crippen molar-refractivity contribution in [2.75, 3.05) is 5.32 Å². The summed E-state index contributed by atoms with van der Waals surface area (Å²) in [4.78, 5) is 41.0. The van der Waals surface area contributed by atoms with Gasteiger partial charge in [-0.3, -0.25) is 18.7 Å². The Morgan fingerprint density at radius 2 is 1.68 bits per heavy atom. The maximum atomic E-state index is 12.5. The molecule has 9 heteroatoms. The highest BCUT2D eigenvalue weighted by Crippen LogP contribution is 2.24. The van der Waals surface area contributed by atoms with Crippen LogP contribution in [0, 0.1) is 0 Å². The van der Waals surface area contributed by atoms with Gasteiger partial charge in [0, 0.05) is 31.2 Å². The quantitative estimate of drug-likeness (QED) is 0.526. The molecule has 156 valence electrons. The van der Waals surface area contributed by atoms with E-state index in [-0.39, 0.29) is 0 Å². The summed E-state index contributed by atoms with van der Waals surface area (Å²) in [5.74, 6) is -0.609. The Hall–Kier alpha value is -4.40. The van der Waals surface area contributed by atoms with E-state index in [2.05, 4.69) is 10.3 Å². The van der Waals surface area contributed by atoms with Crippen molar-refractivity contribution in [2.45, 2.75) is 0 Å². The number of anilines is 1. The lowest BCUT2D eigenvalue weighted by molar-refractivity contribution is 0.102. The molecule has 1 amide bonds. The Kier molecular flexibility index (Phi) is 5.00. The van der Waals surface area contributed by atoms with Crippen molar-refractivity contribution in [3.63, 3.8) is 0 Å². The van der Waals surface area contributed by atoms with Crippen molar-refractivity contribution in [3.8, 4) is 17.5 Å². The summed E-state index contributed by atoms with van der Waals surface area (Å²) in [5, 5.41) is 13.6. The van der Waals surface area contributed by atoms with Gasteiger partial charge in [-0.1, -0.05) is 18.2 Å². The molecule has 4 aromatic rings. The van der Waals surface area contributed by atoms with Gasteiger partial charge in [0.15, 0.2) is 5.56 Å². The summed E-state index contributed by atoms with van der Waals surface area (Å²) in [5.41, 5.74) is -0.963. The number of aromatic nitrogens is 3. The number of carbonyl (C=O) groups excluding carboxylic acids is 1. The number of ether oxygens (including phenoxy) is 1. The fraction of sp³-hybridized carbons (Fsp3) is 0.0909. The Morgan fingerprint density at radius 3 is 2.42 bits per heavy atom. The monoisotopic (exact) mass is 418 g/mol. The summed E-state index contributed by atoms with van der Waals surface area (Å²) in [6.07, 6.45) is 0. The Bertz CT molecular complexity index is 1420. The van der Waals surface area contributed by atoms with Gasteiger partial charge in [0.1, 0.15) is 5.75 Å². The summed E-state index contributed by atoms with van der Waals surface area (Å²) in [7, 11) is 2.49. The minimum absolute atomic E-state index is 0.374. The van der Waals surface area contributed by atoms with Crippen LogP contribution in [0.5, 0.6) is 17.5 Å². The molecule has 31 heavy (non-hydrogen) atoms. The van der Waals surface area contributed by atoms with Crippen molar-refractivity contribution in [1.29, 1.82) is 0 Å². The predicted octanol–water partition coefficient (Wildman–Crippen LogP) is 2.38. The molecule has 0 atom stereocenters. The molecule has 0 bridgehead atoms. The van der Waals surface area contributed by atoms with Crippen molar-refractivity contribution in [2.24, 2.45) is 14.1 Å². The Balaban J connectivity index is 1.53. The van der Waals surface area contributed by atoms with E-state index in [1.807, 2.05) is 30.3 Å². The molecule has 2 N–H and O–H groups in total. The number of fused-ring (bicyclic) bond motifs is 1. The summed E-state index contributed by atoms with van der Waals surface area (Å²) >= 11 is 0. The molecule has 2 aromatic carbocycles.